The Bertz CT molecular complexity index is 354. The molecule has 0 spiro atoms. The predicted octanol–water partition coefficient (Wildman–Crippen LogP) is 1.22. The largest absolute Gasteiger partial charge is 0.393 e. The maximum Gasteiger partial charge on any atom is 0.137 e. The standard InChI is InChI=1S/C12H22N4O/c1-4-5-10-11(13)14-8-15-12(10)16(3)7-6-9(2)17/h8-9,17H,4-7H2,1-3H3,(H2,13,14,15). The molecular formula is C12H22N4O. The lowest BCUT2D eigenvalue weighted by atomic mass is 10.1. The predicted molar refractivity (Wildman–Crippen MR) is 70.0 cm³/mol. The minimum atomic E-state index is -0.300. The molecule has 1 unspecified atom stereocenters. The SMILES string of the molecule is CCCc1c(N)ncnc1N(C)CCC(C)O. The molecule has 0 aliphatic rings. The fourth-order valence-corrected chi connectivity index (χ4v) is 1.72. The molecule has 5 nitrogen and oxygen atoms in total. The molecule has 0 saturated carbocycles. The van der Waals surface area contributed by atoms with Crippen molar-refractivity contribution in [3.8, 4) is 0 Å². The van der Waals surface area contributed by atoms with Gasteiger partial charge in [0.15, 0.2) is 0 Å². The van der Waals surface area contributed by atoms with E-state index in [9.17, 15) is 5.11 Å². The van der Waals surface area contributed by atoms with Gasteiger partial charge in [0, 0.05) is 19.2 Å². The molecule has 17 heavy (non-hydrogen) atoms. The van der Waals surface area contributed by atoms with Gasteiger partial charge in [-0.2, -0.15) is 0 Å². The van der Waals surface area contributed by atoms with Crippen LogP contribution in [0.25, 0.3) is 0 Å². The van der Waals surface area contributed by atoms with Crippen LogP contribution in [-0.4, -0.2) is 34.8 Å². The van der Waals surface area contributed by atoms with Crippen molar-refractivity contribution >= 4 is 11.6 Å². The summed E-state index contributed by atoms with van der Waals surface area (Å²) >= 11 is 0. The topological polar surface area (TPSA) is 75.3 Å². The minimum absolute atomic E-state index is 0.300. The minimum Gasteiger partial charge on any atom is -0.393 e. The van der Waals surface area contributed by atoms with E-state index in [1.54, 1.807) is 6.92 Å². The maximum atomic E-state index is 9.29. The summed E-state index contributed by atoms with van der Waals surface area (Å²) in [7, 11) is 1.96. The molecule has 1 aromatic rings. The van der Waals surface area contributed by atoms with Crippen LogP contribution in [-0.2, 0) is 6.42 Å². The summed E-state index contributed by atoms with van der Waals surface area (Å²) in [5, 5.41) is 9.29. The van der Waals surface area contributed by atoms with Crippen molar-refractivity contribution in [1.82, 2.24) is 9.97 Å². The molecule has 0 radical (unpaired) electrons. The third-order valence-electron chi connectivity index (χ3n) is 2.70. The van der Waals surface area contributed by atoms with E-state index < -0.39 is 0 Å². The van der Waals surface area contributed by atoms with Gasteiger partial charge in [-0.05, 0) is 19.8 Å². The molecule has 0 aromatic carbocycles. The first-order chi connectivity index (χ1) is 8.06. The Hall–Kier alpha value is -1.36. The molecule has 1 atom stereocenters. The van der Waals surface area contributed by atoms with E-state index in [2.05, 4.69) is 16.9 Å². The lowest BCUT2D eigenvalue weighted by Crippen LogP contribution is -2.24. The summed E-state index contributed by atoms with van der Waals surface area (Å²) in [4.78, 5) is 10.3. The fourth-order valence-electron chi connectivity index (χ4n) is 1.72. The zero-order valence-corrected chi connectivity index (χ0v) is 10.8. The Labute approximate surface area is 103 Å². The van der Waals surface area contributed by atoms with E-state index in [0.29, 0.717) is 12.2 Å². The van der Waals surface area contributed by atoms with Crippen LogP contribution in [0.2, 0.25) is 0 Å². The number of hydrogen-bond donors (Lipinski definition) is 2. The first kappa shape index (κ1) is 13.7. The van der Waals surface area contributed by atoms with Gasteiger partial charge in [-0.15, -0.1) is 0 Å². The van der Waals surface area contributed by atoms with E-state index in [1.165, 1.54) is 6.33 Å². The molecule has 5 heteroatoms. The van der Waals surface area contributed by atoms with E-state index in [4.69, 9.17) is 5.73 Å². The first-order valence-corrected chi connectivity index (χ1v) is 6.04. The van der Waals surface area contributed by atoms with Crippen LogP contribution in [0.5, 0.6) is 0 Å². The molecule has 0 saturated heterocycles. The number of nitrogens with zero attached hydrogens (tertiary/aromatic N) is 3. The number of aromatic nitrogens is 2. The van der Waals surface area contributed by atoms with Gasteiger partial charge < -0.3 is 15.7 Å². The molecule has 0 aliphatic heterocycles. The molecule has 0 amide bonds. The average Bonchev–Trinajstić information content (AvgIpc) is 2.29. The van der Waals surface area contributed by atoms with Gasteiger partial charge >= 0.3 is 0 Å². The molecule has 1 rings (SSSR count). The highest BCUT2D eigenvalue weighted by Crippen LogP contribution is 2.22. The van der Waals surface area contributed by atoms with Crippen molar-refractivity contribution in [2.75, 3.05) is 24.2 Å². The summed E-state index contributed by atoms with van der Waals surface area (Å²) in [6.07, 6.45) is 3.79. The van der Waals surface area contributed by atoms with E-state index in [1.807, 2.05) is 11.9 Å². The summed E-state index contributed by atoms with van der Waals surface area (Å²) in [5.74, 6) is 1.43. The van der Waals surface area contributed by atoms with Crippen LogP contribution < -0.4 is 10.6 Å². The molecule has 3 N–H and O–H groups in total. The van der Waals surface area contributed by atoms with E-state index in [-0.39, 0.29) is 6.10 Å². The number of aliphatic hydroxyl groups excluding tert-OH is 1. The van der Waals surface area contributed by atoms with Gasteiger partial charge in [0.1, 0.15) is 18.0 Å². The number of anilines is 2. The molecule has 0 fully saturated rings. The second-order valence-electron chi connectivity index (χ2n) is 4.37. The average molecular weight is 238 g/mol. The zero-order valence-electron chi connectivity index (χ0n) is 10.8. The Morgan fingerprint density at radius 3 is 2.76 bits per heavy atom. The Morgan fingerprint density at radius 1 is 1.47 bits per heavy atom. The highest BCUT2D eigenvalue weighted by Gasteiger charge is 2.12. The van der Waals surface area contributed by atoms with Gasteiger partial charge in [0.25, 0.3) is 0 Å². The quantitative estimate of drug-likeness (QED) is 0.779. The summed E-state index contributed by atoms with van der Waals surface area (Å²) in [5.41, 5.74) is 6.88. The molecule has 0 aliphatic carbocycles. The van der Waals surface area contributed by atoms with Gasteiger partial charge in [-0.25, -0.2) is 9.97 Å². The van der Waals surface area contributed by atoms with Crippen LogP contribution >= 0.6 is 0 Å². The normalized spacial score (nSPS) is 12.5. The molecule has 96 valence electrons. The Morgan fingerprint density at radius 2 is 2.18 bits per heavy atom. The molecule has 1 heterocycles. The summed E-state index contributed by atoms with van der Waals surface area (Å²) in [6.45, 7) is 4.64. The van der Waals surface area contributed by atoms with Gasteiger partial charge in [0.2, 0.25) is 0 Å². The van der Waals surface area contributed by atoms with Crippen molar-refractivity contribution in [2.24, 2.45) is 0 Å². The van der Waals surface area contributed by atoms with Gasteiger partial charge in [0.05, 0.1) is 6.10 Å². The van der Waals surface area contributed by atoms with Crippen molar-refractivity contribution in [3.63, 3.8) is 0 Å². The fraction of sp³-hybridized carbons (Fsp3) is 0.667. The molecule has 1 aromatic heterocycles. The number of rotatable bonds is 6. The smallest absolute Gasteiger partial charge is 0.137 e. The van der Waals surface area contributed by atoms with E-state index >= 15 is 0 Å². The Kier molecular flexibility index (Phi) is 5.15. The van der Waals surface area contributed by atoms with Crippen molar-refractivity contribution in [3.05, 3.63) is 11.9 Å². The third kappa shape index (κ3) is 3.85. The summed E-state index contributed by atoms with van der Waals surface area (Å²) in [6, 6.07) is 0. The summed E-state index contributed by atoms with van der Waals surface area (Å²) < 4.78 is 0. The molecular weight excluding hydrogens is 216 g/mol. The van der Waals surface area contributed by atoms with Crippen LogP contribution in [0, 0.1) is 0 Å². The lowest BCUT2D eigenvalue weighted by Gasteiger charge is -2.22. The second-order valence-corrected chi connectivity index (χ2v) is 4.37. The van der Waals surface area contributed by atoms with Gasteiger partial charge in [-0.1, -0.05) is 13.3 Å². The van der Waals surface area contributed by atoms with Crippen molar-refractivity contribution in [1.29, 1.82) is 0 Å². The number of aliphatic hydroxyl groups is 1. The lowest BCUT2D eigenvalue weighted by molar-refractivity contribution is 0.187. The molecule has 0 bridgehead atoms. The number of nitrogens with two attached hydrogens (primary N) is 1. The monoisotopic (exact) mass is 238 g/mol. The van der Waals surface area contributed by atoms with Crippen molar-refractivity contribution in [2.45, 2.75) is 39.2 Å². The number of nitrogen functional groups attached to an aromatic ring is 1. The first-order valence-electron chi connectivity index (χ1n) is 6.04. The van der Waals surface area contributed by atoms with E-state index in [0.717, 1.165) is 30.8 Å². The van der Waals surface area contributed by atoms with Crippen LogP contribution in [0.4, 0.5) is 11.6 Å². The van der Waals surface area contributed by atoms with Crippen molar-refractivity contribution < 1.29 is 5.11 Å². The second kappa shape index (κ2) is 6.39. The Balaban J connectivity index is 2.84. The van der Waals surface area contributed by atoms with Gasteiger partial charge in [-0.3, -0.25) is 0 Å². The number of hydrogen-bond acceptors (Lipinski definition) is 5. The van der Waals surface area contributed by atoms with Crippen LogP contribution in [0.1, 0.15) is 32.3 Å². The maximum absolute atomic E-state index is 9.29. The highest BCUT2D eigenvalue weighted by molar-refractivity contribution is 5.56. The highest BCUT2D eigenvalue weighted by atomic mass is 16.3. The van der Waals surface area contributed by atoms with Crippen LogP contribution in [0.15, 0.2) is 6.33 Å². The third-order valence-corrected chi connectivity index (χ3v) is 2.70. The van der Waals surface area contributed by atoms with Crippen LogP contribution in [0.3, 0.4) is 0 Å². The zero-order chi connectivity index (χ0) is 12.8.